The maximum atomic E-state index is 12.2. The Hall–Kier alpha value is -2.06. The monoisotopic (exact) mass is 483 g/mol. The van der Waals surface area contributed by atoms with E-state index in [0.29, 0.717) is 28.7 Å². The Morgan fingerprint density at radius 1 is 1.27 bits per heavy atom. The molecule has 7 heteroatoms. The van der Waals surface area contributed by atoms with Crippen LogP contribution in [0.3, 0.4) is 0 Å². The fourth-order valence-corrected chi connectivity index (χ4v) is 3.39. The number of cyclic esters (lactones) is 1. The van der Waals surface area contributed by atoms with Crippen LogP contribution in [0.25, 0.3) is 6.08 Å². The number of methoxy groups -OCH3 is 1. The smallest absolute Gasteiger partial charge is 0.363 e. The molecule has 0 saturated heterocycles. The van der Waals surface area contributed by atoms with Gasteiger partial charge >= 0.3 is 5.97 Å². The average molecular weight is 484 g/mol. The van der Waals surface area contributed by atoms with Crippen molar-refractivity contribution >= 4 is 52.1 Å². The lowest BCUT2D eigenvalue weighted by atomic mass is 10.1. The summed E-state index contributed by atoms with van der Waals surface area (Å²) in [6.07, 6.45) is 1.66. The van der Waals surface area contributed by atoms with Gasteiger partial charge in [-0.05, 0) is 77.6 Å². The third-order valence-electron chi connectivity index (χ3n) is 3.55. The molecular formula is C19H15ClINO4. The first-order chi connectivity index (χ1) is 12.5. The van der Waals surface area contributed by atoms with E-state index in [4.69, 9.17) is 25.8 Å². The van der Waals surface area contributed by atoms with Crippen LogP contribution in [0.15, 0.2) is 47.1 Å². The Balaban J connectivity index is 1.96. The number of hydrogen-bond donors (Lipinski definition) is 0. The van der Waals surface area contributed by atoms with Crippen molar-refractivity contribution in [2.75, 3.05) is 13.7 Å². The van der Waals surface area contributed by atoms with Crippen LogP contribution >= 0.6 is 34.2 Å². The zero-order chi connectivity index (χ0) is 18.7. The Labute approximate surface area is 169 Å². The molecule has 0 atom stereocenters. The minimum absolute atomic E-state index is 0.221. The maximum Gasteiger partial charge on any atom is 0.363 e. The molecule has 1 aliphatic heterocycles. The van der Waals surface area contributed by atoms with Crippen molar-refractivity contribution in [1.29, 1.82) is 0 Å². The number of aliphatic imine (C=N–C) groups is 1. The van der Waals surface area contributed by atoms with Crippen LogP contribution in [0.4, 0.5) is 0 Å². The van der Waals surface area contributed by atoms with Crippen LogP contribution in [-0.4, -0.2) is 25.6 Å². The molecule has 0 radical (unpaired) electrons. The standard InChI is InChI=1S/C19H15ClINO4/c1-3-25-16-10-11(8-14(21)17(16)24-2)9-15-19(23)26-18(22-15)12-4-6-13(20)7-5-12/h4-10H,3H2,1-2H3/b15-9+. The second kappa shape index (κ2) is 8.09. The van der Waals surface area contributed by atoms with Gasteiger partial charge in [0.1, 0.15) is 0 Å². The summed E-state index contributed by atoms with van der Waals surface area (Å²) in [5.74, 6) is 1.03. The average Bonchev–Trinajstić information content (AvgIpc) is 2.96. The topological polar surface area (TPSA) is 57.1 Å². The van der Waals surface area contributed by atoms with Gasteiger partial charge in [-0.2, -0.15) is 0 Å². The van der Waals surface area contributed by atoms with Gasteiger partial charge < -0.3 is 14.2 Å². The zero-order valence-corrected chi connectivity index (χ0v) is 17.0. The summed E-state index contributed by atoms with van der Waals surface area (Å²) >= 11 is 8.04. The first-order valence-electron chi connectivity index (χ1n) is 7.80. The third-order valence-corrected chi connectivity index (χ3v) is 4.60. The molecular weight excluding hydrogens is 469 g/mol. The molecule has 1 heterocycles. The van der Waals surface area contributed by atoms with Gasteiger partial charge in [-0.3, -0.25) is 0 Å². The van der Waals surface area contributed by atoms with Gasteiger partial charge in [0.25, 0.3) is 0 Å². The number of carbonyl (C=O) groups excluding carboxylic acids is 1. The van der Waals surface area contributed by atoms with Crippen molar-refractivity contribution in [2.24, 2.45) is 4.99 Å². The van der Waals surface area contributed by atoms with E-state index < -0.39 is 5.97 Å². The van der Waals surface area contributed by atoms with E-state index in [9.17, 15) is 4.79 Å². The molecule has 0 aromatic heterocycles. The fraction of sp³-hybridized carbons (Fsp3) is 0.158. The second-order valence-corrected chi connectivity index (χ2v) is 6.91. The molecule has 1 aliphatic rings. The van der Waals surface area contributed by atoms with E-state index >= 15 is 0 Å². The Kier molecular flexibility index (Phi) is 5.83. The van der Waals surface area contributed by atoms with Crippen LogP contribution in [0.1, 0.15) is 18.1 Å². The van der Waals surface area contributed by atoms with Crippen LogP contribution in [0, 0.1) is 3.57 Å². The Bertz CT molecular complexity index is 907. The molecule has 0 saturated carbocycles. The first-order valence-corrected chi connectivity index (χ1v) is 9.26. The normalized spacial score (nSPS) is 15.0. The van der Waals surface area contributed by atoms with Crippen LogP contribution in [0.2, 0.25) is 5.02 Å². The summed E-state index contributed by atoms with van der Waals surface area (Å²) in [4.78, 5) is 16.5. The first kappa shape index (κ1) is 18.7. The van der Waals surface area contributed by atoms with E-state index in [2.05, 4.69) is 27.6 Å². The zero-order valence-electron chi connectivity index (χ0n) is 14.1. The highest BCUT2D eigenvalue weighted by molar-refractivity contribution is 14.1. The van der Waals surface area contributed by atoms with Crippen molar-refractivity contribution in [2.45, 2.75) is 6.92 Å². The van der Waals surface area contributed by atoms with Crippen molar-refractivity contribution < 1.29 is 19.0 Å². The molecule has 2 aromatic rings. The van der Waals surface area contributed by atoms with Gasteiger partial charge in [0, 0.05) is 10.6 Å². The number of carbonyl (C=O) groups is 1. The van der Waals surface area contributed by atoms with E-state index in [1.54, 1.807) is 43.5 Å². The van der Waals surface area contributed by atoms with Crippen molar-refractivity contribution in [3.05, 3.63) is 61.8 Å². The number of esters is 1. The highest BCUT2D eigenvalue weighted by Gasteiger charge is 2.24. The van der Waals surface area contributed by atoms with Gasteiger partial charge in [-0.15, -0.1) is 0 Å². The van der Waals surface area contributed by atoms with Gasteiger partial charge in [-0.1, -0.05) is 11.6 Å². The van der Waals surface area contributed by atoms with Crippen molar-refractivity contribution in [3.8, 4) is 11.5 Å². The number of hydrogen-bond acceptors (Lipinski definition) is 5. The van der Waals surface area contributed by atoms with Crippen LogP contribution < -0.4 is 9.47 Å². The molecule has 134 valence electrons. The fourth-order valence-electron chi connectivity index (χ4n) is 2.42. The number of nitrogens with zero attached hydrogens (tertiary/aromatic N) is 1. The van der Waals surface area contributed by atoms with Gasteiger partial charge in [0.05, 0.1) is 17.3 Å². The lowest BCUT2D eigenvalue weighted by Gasteiger charge is -2.12. The lowest BCUT2D eigenvalue weighted by molar-refractivity contribution is -0.129. The summed E-state index contributed by atoms with van der Waals surface area (Å²) in [5, 5.41) is 0.603. The highest BCUT2D eigenvalue weighted by Crippen LogP contribution is 2.35. The van der Waals surface area contributed by atoms with E-state index in [-0.39, 0.29) is 11.6 Å². The second-order valence-electron chi connectivity index (χ2n) is 5.31. The third kappa shape index (κ3) is 4.02. The molecule has 0 amide bonds. The highest BCUT2D eigenvalue weighted by atomic mass is 127. The lowest BCUT2D eigenvalue weighted by Crippen LogP contribution is -2.05. The summed E-state index contributed by atoms with van der Waals surface area (Å²) in [7, 11) is 1.59. The minimum atomic E-state index is -0.501. The molecule has 0 fully saturated rings. The summed E-state index contributed by atoms with van der Waals surface area (Å²) in [6.45, 7) is 2.40. The quantitative estimate of drug-likeness (QED) is 0.352. The summed E-state index contributed by atoms with van der Waals surface area (Å²) in [6, 6.07) is 10.6. The number of rotatable bonds is 5. The Morgan fingerprint density at radius 2 is 2.00 bits per heavy atom. The molecule has 2 aromatic carbocycles. The van der Waals surface area contributed by atoms with E-state index in [1.165, 1.54) is 0 Å². The molecule has 5 nitrogen and oxygen atoms in total. The number of benzene rings is 2. The van der Waals surface area contributed by atoms with Gasteiger partial charge in [0.2, 0.25) is 5.90 Å². The van der Waals surface area contributed by atoms with Gasteiger partial charge in [-0.25, -0.2) is 9.79 Å². The molecule has 0 aliphatic carbocycles. The van der Waals surface area contributed by atoms with E-state index in [1.807, 2.05) is 13.0 Å². The molecule has 3 rings (SSSR count). The minimum Gasteiger partial charge on any atom is -0.492 e. The SMILES string of the molecule is CCOc1cc(/C=C2/N=C(c3ccc(Cl)cc3)OC2=O)cc(I)c1OC. The maximum absolute atomic E-state index is 12.2. The van der Waals surface area contributed by atoms with Crippen molar-refractivity contribution in [3.63, 3.8) is 0 Å². The summed E-state index contributed by atoms with van der Waals surface area (Å²) in [5.41, 5.74) is 1.68. The molecule has 0 bridgehead atoms. The van der Waals surface area contributed by atoms with Crippen molar-refractivity contribution in [1.82, 2.24) is 0 Å². The molecule has 0 unspecified atom stereocenters. The molecule has 26 heavy (non-hydrogen) atoms. The van der Waals surface area contributed by atoms with E-state index in [0.717, 1.165) is 9.13 Å². The van der Waals surface area contributed by atoms with Crippen LogP contribution in [-0.2, 0) is 9.53 Å². The predicted molar refractivity (Wildman–Crippen MR) is 109 cm³/mol. The summed E-state index contributed by atoms with van der Waals surface area (Å²) < 4.78 is 17.1. The predicted octanol–water partition coefficient (Wildman–Crippen LogP) is 4.70. The number of halogens is 2. The molecule has 0 spiro atoms. The molecule has 0 N–H and O–H groups in total. The van der Waals surface area contributed by atoms with Gasteiger partial charge in [0.15, 0.2) is 17.2 Å². The number of ether oxygens (including phenoxy) is 3. The van der Waals surface area contributed by atoms with Crippen LogP contribution in [0.5, 0.6) is 11.5 Å². The Morgan fingerprint density at radius 3 is 2.65 bits per heavy atom. The largest absolute Gasteiger partial charge is 0.492 e.